The predicted molar refractivity (Wildman–Crippen MR) is 119 cm³/mol. The van der Waals surface area contributed by atoms with E-state index in [2.05, 4.69) is 0 Å². The Kier molecular flexibility index (Phi) is 8.23. The number of aryl methyl sites for hydroxylation is 1. The van der Waals surface area contributed by atoms with Crippen molar-refractivity contribution in [3.05, 3.63) is 95.6 Å². The van der Waals surface area contributed by atoms with E-state index in [1.54, 1.807) is 42.5 Å². The van der Waals surface area contributed by atoms with Crippen molar-refractivity contribution in [1.29, 1.82) is 0 Å². The lowest BCUT2D eigenvalue weighted by Crippen LogP contribution is -2.12. The molecule has 0 spiro atoms. The summed E-state index contributed by atoms with van der Waals surface area (Å²) in [5.74, 6) is -0.241. The molecule has 3 rings (SSSR count). The van der Waals surface area contributed by atoms with Crippen LogP contribution in [0.4, 0.5) is 0 Å². The quantitative estimate of drug-likeness (QED) is 0.248. The Morgan fingerprint density at radius 1 is 0.806 bits per heavy atom. The molecule has 0 atom stereocenters. The van der Waals surface area contributed by atoms with E-state index >= 15 is 0 Å². The molecule has 0 N–H and O–H groups in total. The summed E-state index contributed by atoms with van der Waals surface area (Å²) in [4.78, 5) is 25.0. The minimum Gasteiger partial charge on any atom is -0.493 e. The first-order valence-corrected chi connectivity index (χ1v) is 10.4. The number of esters is 2. The molecule has 0 saturated carbocycles. The Labute approximate surface area is 182 Å². The van der Waals surface area contributed by atoms with Gasteiger partial charge < -0.3 is 14.2 Å². The number of benzene rings is 3. The molecule has 0 aliphatic heterocycles. The highest BCUT2D eigenvalue weighted by Gasteiger charge is 2.16. The number of para-hydroxylation sites is 1. The van der Waals surface area contributed by atoms with E-state index < -0.39 is 11.9 Å². The van der Waals surface area contributed by atoms with Gasteiger partial charge in [0.1, 0.15) is 17.1 Å². The normalized spacial score (nSPS) is 10.4. The molecule has 0 unspecified atom stereocenters. The van der Waals surface area contributed by atoms with Crippen molar-refractivity contribution >= 4 is 11.9 Å². The van der Waals surface area contributed by atoms with Gasteiger partial charge in [-0.2, -0.15) is 0 Å². The maximum absolute atomic E-state index is 12.6. The number of carbonyl (C=O) groups excluding carboxylic acids is 2. The number of hydrogen-bond donors (Lipinski definition) is 0. The van der Waals surface area contributed by atoms with Crippen molar-refractivity contribution in [2.75, 3.05) is 13.2 Å². The summed E-state index contributed by atoms with van der Waals surface area (Å²) in [6, 6.07) is 23.4. The molecule has 0 aliphatic carbocycles. The molecule has 0 amide bonds. The zero-order valence-electron chi connectivity index (χ0n) is 17.6. The third-order valence-electron chi connectivity index (χ3n) is 4.53. The fourth-order valence-corrected chi connectivity index (χ4v) is 2.99. The van der Waals surface area contributed by atoms with Crippen LogP contribution < -0.4 is 9.47 Å². The minimum absolute atomic E-state index is 0.272. The van der Waals surface area contributed by atoms with Crippen LogP contribution in [0.3, 0.4) is 0 Å². The monoisotopic (exact) mass is 418 g/mol. The molecule has 0 radical (unpaired) electrons. The average Bonchev–Trinajstić information content (AvgIpc) is 2.81. The van der Waals surface area contributed by atoms with Gasteiger partial charge in [0.25, 0.3) is 0 Å². The van der Waals surface area contributed by atoms with Gasteiger partial charge >= 0.3 is 11.9 Å². The zero-order valence-corrected chi connectivity index (χ0v) is 17.6. The van der Waals surface area contributed by atoms with Gasteiger partial charge in [0.15, 0.2) is 0 Å². The van der Waals surface area contributed by atoms with Crippen LogP contribution >= 0.6 is 0 Å². The molecule has 0 aliphatic rings. The van der Waals surface area contributed by atoms with E-state index in [0.717, 1.165) is 19.3 Å². The molecular weight excluding hydrogens is 392 g/mol. The minimum atomic E-state index is -0.542. The SMILES string of the molecule is CCCOc1ccccc1C(=O)Oc1cccc(C(=O)OCCCc2ccccc2)c1. The molecule has 5 nitrogen and oxygen atoms in total. The summed E-state index contributed by atoms with van der Waals surface area (Å²) in [7, 11) is 0. The van der Waals surface area contributed by atoms with Crippen LogP contribution in [0, 0.1) is 0 Å². The lowest BCUT2D eigenvalue weighted by atomic mass is 10.1. The second-order valence-corrected chi connectivity index (χ2v) is 6.99. The molecule has 0 fully saturated rings. The lowest BCUT2D eigenvalue weighted by Gasteiger charge is -2.11. The van der Waals surface area contributed by atoms with Crippen molar-refractivity contribution in [2.45, 2.75) is 26.2 Å². The highest BCUT2D eigenvalue weighted by atomic mass is 16.5. The van der Waals surface area contributed by atoms with Gasteiger partial charge in [-0.3, -0.25) is 0 Å². The van der Waals surface area contributed by atoms with Gasteiger partial charge in [-0.05, 0) is 55.2 Å². The maximum Gasteiger partial charge on any atom is 0.347 e. The van der Waals surface area contributed by atoms with Gasteiger partial charge in [-0.15, -0.1) is 0 Å². The number of carbonyl (C=O) groups is 2. The third-order valence-corrected chi connectivity index (χ3v) is 4.53. The Bertz CT molecular complexity index is 997. The van der Waals surface area contributed by atoms with Gasteiger partial charge in [0, 0.05) is 0 Å². The number of hydrogen-bond acceptors (Lipinski definition) is 5. The summed E-state index contributed by atoms with van der Waals surface area (Å²) in [5.41, 5.74) is 1.88. The molecule has 0 heterocycles. The summed E-state index contributed by atoms with van der Waals surface area (Å²) in [5, 5.41) is 0. The second kappa shape index (κ2) is 11.6. The Morgan fingerprint density at radius 3 is 2.39 bits per heavy atom. The molecule has 3 aromatic carbocycles. The van der Waals surface area contributed by atoms with Crippen LogP contribution in [0.25, 0.3) is 0 Å². The molecule has 3 aromatic rings. The van der Waals surface area contributed by atoms with Gasteiger partial charge in [-0.1, -0.05) is 55.5 Å². The molecule has 5 heteroatoms. The first-order chi connectivity index (χ1) is 15.2. The topological polar surface area (TPSA) is 61.8 Å². The third kappa shape index (κ3) is 6.71. The van der Waals surface area contributed by atoms with Crippen LogP contribution in [-0.2, 0) is 11.2 Å². The van der Waals surface area contributed by atoms with E-state index in [1.165, 1.54) is 11.6 Å². The van der Waals surface area contributed by atoms with E-state index in [1.807, 2.05) is 37.3 Å². The van der Waals surface area contributed by atoms with Gasteiger partial charge in [0.2, 0.25) is 0 Å². The average molecular weight is 418 g/mol. The van der Waals surface area contributed by atoms with E-state index in [0.29, 0.717) is 30.1 Å². The van der Waals surface area contributed by atoms with Crippen molar-refractivity contribution in [3.63, 3.8) is 0 Å². The summed E-state index contributed by atoms with van der Waals surface area (Å²) in [6.45, 7) is 2.82. The van der Waals surface area contributed by atoms with Crippen LogP contribution in [0.15, 0.2) is 78.9 Å². The Balaban J connectivity index is 1.56. The summed E-state index contributed by atoms with van der Waals surface area (Å²) in [6.07, 6.45) is 2.41. The molecule has 31 heavy (non-hydrogen) atoms. The van der Waals surface area contributed by atoms with Gasteiger partial charge in [0.05, 0.1) is 18.8 Å². The van der Waals surface area contributed by atoms with Crippen LogP contribution in [0.1, 0.15) is 46.0 Å². The summed E-state index contributed by atoms with van der Waals surface area (Å²) >= 11 is 0. The lowest BCUT2D eigenvalue weighted by molar-refractivity contribution is 0.0498. The highest BCUT2D eigenvalue weighted by Crippen LogP contribution is 2.22. The fraction of sp³-hybridized carbons (Fsp3) is 0.231. The van der Waals surface area contributed by atoms with Crippen molar-refractivity contribution in [3.8, 4) is 11.5 Å². The summed E-state index contributed by atoms with van der Waals surface area (Å²) < 4.78 is 16.4. The predicted octanol–water partition coefficient (Wildman–Crippen LogP) is 5.48. The number of ether oxygens (including phenoxy) is 3. The Hall–Kier alpha value is -3.60. The number of rotatable bonds is 10. The van der Waals surface area contributed by atoms with Crippen molar-refractivity contribution in [1.82, 2.24) is 0 Å². The molecular formula is C26H26O5. The van der Waals surface area contributed by atoms with Gasteiger partial charge in [-0.25, -0.2) is 9.59 Å². The van der Waals surface area contributed by atoms with E-state index in [4.69, 9.17) is 14.2 Å². The van der Waals surface area contributed by atoms with Crippen molar-refractivity contribution in [2.24, 2.45) is 0 Å². The maximum atomic E-state index is 12.6. The molecule has 0 aromatic heterocycles. The van der Waals surface area contributed by atoms with Crippen LogP contribution in [-0.4, -0.2) is 25.2 Å². The first kappa shape index (κ1) is 22.1. The van der Waals surface area contributed by atoms with Crippen LogP contribution in [0.5, 0.6) is 11.5 Å². The first-order valence-electron chi connectivity index (χ1n) is 10.4. The van der Waals surface area contributed by atoms with E-state index in [-0.39, 0.29) is 5.75 Å². The standard InChI is InChI=1S/C26H26O5/c1-2-17-29-24-16-7-6-15-23(24)26(28)31-22-14-8-13-21(19-22)25(27)30-18-9-12-20-10-4-3-5-11-20/h3-8,10-11,13-16,19H,2,9,12,17-18H2,1H3. The second-order valence-electron chi connectivity index (χ2n) is 6.99. The highest BCUT2D eigenvalue weighted by molar-refractivity contribution is 5.94. The largest absolute Gasteiger partial charge is 0.493 e. The molecule has 0 bridgehead atoms. The smallest absolute Gasteiger partial charge is 0.347 e. The zero-order chi connectivity index (χ0) is 21.9. The van der Waals surface area contributed by atoms with E-state index in [9.17, 15) is 9.59 Å². The van der Waals surface area contributed by atoms with Crippen molar-refractivity contribution < 1.29 is 23.8 Å². The Morgan fingerprint density at radius 2 is 1.58 bits per heavy atom. The van der Waals surface area contributed by atoms with Crippen LogP contribution in [0.2, 0.25) is 0 Å². The fourth-order valence-electron chi connectivity index (χ4n) is 2.99. The molecule has 160 valence electrons. The molecule has 0 saturated heterocycles.